The lowest BCUT2D eigenvalue weighted by atomic mass is 9.64. The number of halogens is 6. The van der Waals surface area contributed by atoms with Gasteiger partial charge in [0.2, 0.25) is 11.8 Å². The van der Waals surface area contributed by atoms with Crippen molar-refractivity contribution in [2.24, 2.45) is 29.4 Å². The molecule has 2 aliphatic heterocycles. The maximum Gasteiger partial charge on any atom is 0.522 e. The van der Waals surface area contributed by atoms with Gasteiger partial charge in [-0.25, -0.2) is 0 Å². The van der Waals surface area contributed by atoms with Gasteiger partial charge in [0.25, 0.3) is 0 Å². The number of likely N-dealkylation sites (tertiary alicyclic amines) is 1. The molecule has 4 N–H and O–H groups in total. The molecule has 0 bridgehead atoms. The van der Waals surface area contributed by atoms with Gasteiger partial charge in [-0.05, 0) is 51.4 Å². The summed E-state index contributed by atoms with van der Waals surface area (Å²) in [7, 11) is 0. The van der Waals surface area contributed by atoms with E-state index in [0.717, 1.165) is 0 Å². The van der Waals surface area contributed by atoms with E-state index in [-0.39, 0.29) is 31.7 Å². The number of Topliss-reactive ketones (excluding diaryl/α,β-unsaturated/α-hetero) is 1. The number of carbonyl (C=O) groups is 5. The number of carbonyl (C=O) groups excluding carboxylic acids is 5. The Morgan fingerprint density at radius 1 is 1.07 bits per heavy atom. The molecule has 4 unspecified atom stereocenters. The number of hydrogen-bond acceptors (Lipinski definition) is 6. The lowest BCUT2D eigenvalue weighted by molar-refractivity contribution is -0.321. The first-order chi connectivity index (χ1) is 18.8. The highest BCUT2D eigenvalue weighted by Crippen LogP contribution is 2.46. The Kier molecular flexibility index (Phi) is 9.65. The minimum atomic E-state index is -5.18. The van der Waals surface area contributed by atoms with Gasteiger partial charge in [-0.1, -0.05) is 19.3 Å². The molecule has 2 heterocycles. The summed E-state index contributed by atoms with van der Waals surface area (Å²) in [5, 5.41) is 4.17. The lowest BCUT2D eigenvalue weighted by Gasteiger charge is -2.53. The van der Waals surface area contributed by atoms with E-state index in [1.165, 1.54) is 0 Å². The number of rotatable bonds is 8. The van der Waals surface area contributed by atoms with Crippen LogP contribution in [0, 0.1) is 23.7 Å². The van der Waals surface area contributed by atoms with Crippen molar-refractivity contribution in [1.29, 1.82) is 0 Å². The second-order valence-corrected chi connectivity index (χ2v) is 11.5. The van der Waals surface area contributed by atoms with Crippen LogP contribution >= 0.6 is 0 Å². The standard InChI is InChI=1S/C25H34F6N4O6/c1-23(2,24(26,27)28)34-21(39)22(40)35-16(19(32)37)10-12-5-3-4-6-14(12)18(35)15(9-13-7-8-33-20(13)38)17(36)11-41-25(29,30)31/h12-16,18H,3-11H2,1-2H3,(H2,32,37)(H,33,38)(H,34,39)/t12?,13-,14?,15-,16?,18?/m1/s1. The molecular weight excluding hydrogens is 566 g/mol. The predicted molar refractivity (Wildman–Crippen MR) is 128 cm³/mol. The van der Waals surface area contributed by atoms with Crippen molar-refractivity contribution in [3.8, 4) is 0 Å². The Morgan fingerprint density at radius 3 is 2.24 bits per heavy atom. The maximum atomic E-state index is 13.6. The molecule has 0 aromatic carbocycles. The number of amides is 4. The summed E-state index contributed by atoms with van der Waals surface area (Å²) in [6.45, 7) is 0.0108. The number of primary amides is 1. The first kappa shape index (κ1) is 32.6. The van der Waals surface area contributed by atoms with E-state index < -0.39 is 83.9 Å². The van der Waals surface area contributed by atoms with E-state index in [1.54, 1.807) is 5.32 Å². The molecule has 10 nitrogen and oxygen atoms in total. The number of ketones is 1. The van der Waals surface area contributed by atoms with Crippen molar-refractivity contribution >= 4 is 29.4 Å². The fourth-order valence-corrected chi connectivity index (χ4v) is 6.24. The molecule has 0 aromatic rings. The number of nitrogens with zero attached hydrogens (tertiary/aromatic N) is 1. The van der Waals surface area contributed by atoms with Crippen LogP contribution in [-0.4, -0.2) is 77.6 Å². The van der Waals surface area contributed by atoms with E-state index in [9.17, 15) is 50.3 Å². The van der Waals surface area contributed by atoms with Crippen LogP contribution in [-0.2, 0) is 28.7 Å². The summed E-state index contributed by atoms with van der Waals surface area (Å²) in [6.07, 6.45) is -8.08. The zero-order valence-corrected chi connectivity index (χ0v) is 22.6. The zero-order chi connectivity index (χ0) is 30.9. The van der Waals surface area contributed by atoms with Gasteiger partial charge in [0.05, 0.1) is 0 Å². The summed E-state index contributed by atoms with van der Waals surface area (Å²) in [5.74, 6) is -9.25. The fraction of sp³-hybridized carbons (Fsp3) is 0.800. The maximum absolute atomic E-state index is 13.6. The van der Waals surface area contributed by atoms with E-state index in [0.29, 0.717) is 44.4 Å². The molecule has 41 heavy (non-hydrogen) atoms. The van der Waals surface area contributed by atoms with Gasteiger partial charge in [0.15, 0.2) is 5.78 Å². The van der Waals surface area contributed by atoms with Gasteiger partial charge in [-0.15, -0.1) is 13.2 Å². The molecular formula is C25H34F6N4O6. The van der Waals surface area contributed by atoms with Gasteiger partial charge >= 0.3 is 24.4 Å². The molecule has 0 aromatic heterocycles. The van der Waals surface area contributed by atoms with Crippen LogP contribution < -0.4 is 16.4 Å². The summed E-state index contributed by atoms with van der Waals surface area (Å²) in [4.78, 5) is 65.6. The van der Waals surface area contributed by atoms with Crippen LogP contribution in [0.2, 0.25) is 0 Å². The van der Waals surface area contributed by atoms with Crippen LogP contribution in [0.25, 0.3) is 0 Å². The van der Waals surface area contributed by atoms with Crippen molar-refractivity contribution in [3.63, 3.8) is 0 Å². The average molecular weight is 601 g/mol. The summed E-state index contributed by atoms with van der Waals surface area (Å²) in [6, 6.07) is -2.92. The van der Waals surface area contributed by atoms with E-state index >= 15 is 0 Å². The number of fused-ring (bicyclic) bond motifs is 1. The van der Waals surface area contributed by atoms with Crippen LogP contribution in [0.4, 0.5) is 26.3 Å². The zero-order valence-electron chi connectivity index (χ0n) is 22.6. The summed E-state index contributed by atoms with van der Waals surface area (Å²) in [5.41, 5.74) is 2.72. The Hall–Kier alpha value is -2.91. The summed E-state index contributed by atoms with van der Waals surface area (Å²) < 4.78 is 82.8. The molecule has 0 radical (unpaired) electrons. The highest BCUT2D eigenvalue weighted by atomic mass is 19.4. The summed E-state index contributed by atoms with van der Waals surface area (Å²) >= 11 is 0. The van der Waals surface area contributed by atoms with Gasteiger partial charge in [0, 0.05) is 24.4 Å². The SMILES string of the molecule is CC(C)(NC(=O)C(=O)N1C(C(N)=O)CC2CCCCC2C1[C@H](C[C@H]1CCNC1=O)C(=O)COC(F)(F)F)C(F)(F)F. The number of hydrogen-bond donors (Lipinski definition) is 3. The van der Waals surface area contributed by atoms with Gasteiger partial charge in [-0.2, -0.15) is 13.2 Å². The van der Waals surface area contributed by atoms with Crippen molar-refractivity contribution in [2.45, 2.75) is 89.0 Å². The Labute approximate surface area is 232 Å². The number of nitrogens with one attached hydrogen (secondary N) is 2. The quantitative estimate of drug-likeness (QED) is 0.287. The largest absolute Gasteiger partial charge is 0.522 e. The molecule has 1 aliphatic carbocycles. The van der Waals surface area contributed by atoms with Gasteiger partial charge in [-0.3, -0.25) is 28.7 Å². The topological polar surface area (TPSA) is 148 Å². The third-order valence-electron chi connectivity index (χ3n) is 8.39. The molecule has 1 saturated carbocycles. The molecule has 3 rings (SSSR count). The molecule has 2 saturated heterocycles. The molecule has 3 aliphatic rings. The van der Waals surface area contributed by atoms with E-state index in [4.69, 9.17) is 5.73 Å². The highest BCUT2D eigenvalue weighted by Gasteiger charge is 2.55. The molecule has 6 atom stereocenters. The Balaban J connectivity index is 2.09. The minimum Gasteiger partial charge on any atom is -0.368 e. The monoisotopic (exact) mass is 600 g/mol. The molecule has 3 fully saturated rings. The van der Waals surface area contributed by atoms with Crippen LogP contribution in [0.5, 0.6) is 0 Å². The van der Waals surface area contributed by atoms with Gasteiger partial charge < -0.3 is 21.3 Å². The Bertz CT molecular complexity index is 1050. The first-order valence-corrected chi connectivity index (χ1v) is 13.4. The molecule has 4 amide bonds. The van der Waals surface area contributed by atoms with Crippen molar-refractivity contribution in [3.05, 3.63) is 0 Å². The molecule has 0 spiro atoms. The average Bonchev–Trinajstić information content (AvgIpc) is 3.27. The second kappa shape index (κ2) is 12.1. The predicted octanol–water partition coefficient (Wildman–Crippen LogP) is 1.95. The number of alkyl halides is 6. The van der Waals surface area contributed by atoms with E-state index in [2.05, 4.69) is 10.1 Å². The smallest absolute Gasteiger partial charge is 0.368 e. The number of piperidine rings is 1. The minimum absolute atomic E-state index is 0.0396. The Morgan fingerprint density at radius 2 is 1.71 bits per heavy atom. The van der Waals surface area contributed by atoms with Crippen molar-refractivity contribution < 1.29 is 55.1 Å². The highest BCUT2D eigenvalue weighted by molar-refractivity contribution is 6.35. The van der Waals surface area contributed by atoms with Gasteiger partial charge in [0.1, 0.15) is 18.2 Å². The van der Waals surface area contributed by atoms with Crippen molar-refractivity contribution in [1.82, 2.24) is 15.5 Å². The molecule has 16 heteroatoms. The third kappa shape index (κ3) is 7.49. The third-order valence-corrected chi connectivity index (χ3v) is 8.39. The van der Waals surface area contributed by atoms with E-state index in [1.807, 2.05) is 0 Å². The lowest BCUT2D eigenvalue weighted by Crippen LogP contribution is -2.67. The van der Waals surface area contributed by atoms with Crippen molar-refractivity contribution in [2.75, 3.05) is 13.2 Å². The normalized spacial score (nSPS) is 28.0. The second-order valence-electron chi connectivity index (χ2n) is 11.5. The van der Waals surface area contributed by atoms with Crippen LogP contribution in [0.15, 0.2) is 0 Å². The fourth-order valence-electron chi connectivity index (χ4n) is 6.24. The molecule has 232 valence electrons. The number of nitrogens with two attached hydrogens (primary N) is 1. The van der Waals surface area contributed by atoms with Crippen LogP contribution in [0.3, 0.4) is 0 Å². The van der Waals surface area contributed by atoms with Crippen LogP contribution in [0.1, 0.15) is 58.8 Å². The number of ether oxygens (including phenoxy) is 1. The first-order valence-electron chi connectivity index (χ1n) is 13.4.